The first-order valence-corrected chi connectivity index (χ1v) is 10.5. The van der Waals surface area contributed by atoms with Crippen molar-refractivity contribution in [3.63, 3.8) is 0 Å². The zero-order chi connectivity index (χ0) is 21.8. The molecule has 0 spiro atoms. The molecule has 0 radical (unpaired) electrons. The second-order valence-corrected chi connectivity index (χ2v) is 7.47. The van der Waals surface area contributed by atoms with Gasteiger partial charge >= 0.3 is 6.18 Å². The Bertz CT molecular complexity index is 630. The fraction of sp³-hybridized carbons (Fsp3) is 0.667. The number of aliphatic hydroxyl groups excluding tert-OH is 1. The lowest BCUT2D eigenvalue weighted by Crippen LogP contribution is -2.40. The maximum Gasteiger partial charge on any atom is 0.411 e. The number of nitrogens with one attached hydrogen (secondary N) is 2. The van der Waals surface area contributed by atoms with E-state index in [2.05, 4.69) is 25.3 Å². The van der Waals surface area contributed by atoms with Crippen molar-refractivity contribution in [1.29, 1.82) is 0 Å². The minimum absolute atomic E-state index is 0.0662. The Labute approximate surface area is 176 Å². The third-order valence-corrected chi connectivity index (χ3v) is 4.82. The number of nitrogens with zero attached hydrogens (tertiary/aromatic N) is 2. The van der Waals surface area contributed by atoms with Crippen molar-refractivity contribution in [3.05, 3.63) is 35.4 Å². The van der Waals surface area contributed by atoms with Gasteiger partial charge in [0.15, 0.2) is 5.96 Å². The standard InChI is InChI=1S/C21H33F3N4O2/c1-2-25-20(26-10-3-11-28-12-8-19(29)9-13-28)27-14-17-4-6-18(7-5-17)15-30-16-21(22,23)24/h4-7,19,29H,2-3,8-16H2,1H3,(H2,25,26,27). The van der Waals surface area contributed by atoms with E-state index in [1.165, 1.54) is 0 Å². The van der Waals surface area contributed by atoms with Crippen molar-refractivity contribution in [1.82, 2.24) is 15.5 Å². The maximum absolute atomic E-state index is 12.1. The topological polar surface area (TPSA) is 69.1 Å². The summed E-state index contributed by atoms with van der Waals surface area (Å²) in [6, 6.07) is 7.22. The number of rotatable bonds is 10. The van der Waals surface area contributed by atoms with Crippen molar-refractivity contribution in [2.24, 2.45) is 4.99 Å². The molecule has 1 heterocycles. The van der Waals surface area contributed by atoms with Crippen LogP contribution in [-0.4, -0.2) is 67.6 Å². The number of halogens is 3. The Morgan fingerprint density at radius 3 is 2.47 bits per heavy atom. The predicted octanol–water partition coefficient (Wildman–Crippen LogP) is 2.67. The van der Waals surface area contributed by atoms with Crippen molar-refractivity contribution >= 4 is 5.96 Å². The van der Waals surface area contributed by atoms with E-state index in [0.717, 1.165) is 63.5 Å². The smallest absolute Gasteiger partial charge is 0.393 e. The average Bonchev–Trinajstić information content (AvgIpc) is 2.70. The van der Waals surface area contributed by atoms with E-state index in [4.69, 9.17) is 0 Å². The minimum atomic E-state index is -4.30. The van der Waals surface area contributed by atoms with Gasteiger partial charge in [-0.1, -0.05) is 24.3 Å². The lowest BCUT2D eigenvalue weighted by Gasteiger charge is -2.29. The summed E-state index contributed by atoms with van der Waals surface area (Å²) in [6.07, 6.45) is -1.75. The van der Waals surface area contributed by atoms with Crippen LogP contribution in [0.15, 0.2) is 29.3 Å². The van der Waals surface area contributed by atoms with E-state index in [0.29, 0.717) is 12.1 Å². The molecule has 0 aliphatic carbocycles. The third kappa shape index (κ3) is 10.3. The molecule has 1 aliphatic heterocycles. The van der Waals surface area contributed by atoms with Crippen LogP contribution in [0.2, 0.25) is 0 Å². The summed E-state index contributed by atoms with van der Waals surface area (Å²) in [5, 5.41) is 16.1. The summed E-state index contributed by atoms with van der Waals surface area (Å²) in [5.41, 5.74) is 1.67. The first-order chi connectivity index (χ1) is 14.4. The van der Waals surface area contributed by atoms with Crippen LogP contribution in [0.1, 0.15) is 37.3 Å². The number of aliphatic hydroxyl groups is 1. The number of hydrogen-bond donors (Lipinski definition) is 3. The zero-order valence-electron chi connectivity index (χ0n) is 17.5. The van der Waals surface area contributed by atoms with Gasteiger partial charge in [0.1, 0.15) is 6.61 Å². The summed E-state index contributed by atoms with van der Waals surface area (Å²) in [5.74, 6) is 0.740. The summed E-state index contributed by atoms with van der Waals surface area (Å²) in [7, 11) is 0. The Hall–Kier alpha value is -1.84. The highest BCUT2D eigenvalue weighted by Crippen LogP contribution is 2.16. The largest absolute Gasteiger partial charge is 0.411 e. The van der Waals surface area contributed by atoms with E-state index in [1.54, 1.807) is 12.1 Å². The van der Waals surface area contributed by atoms with Crippen LogP contribution < -0.4 is 10.6 Å². The Balaban J connectivity index is 1.71. The van der Waals surface area contributed by atoms with E-state index in [-0.39, 0.29) is 12.7 Å². The molecule has 6 nitrogen and oxygen atoms in total. The molecule has 1 fully saturated rings. The Kier molecular flexibility index (Phi) is 10.4. The number of benzene rings is 1. The molecular weight excluding hydrogens is 397 g/mol. The fourth-order valence-corrected chi connectivity index (χ4v) is 3.19. The molecule has 1 aromatic carbocycles. The maximum atomic E-state index is 12.1. The SMILES string of the molecule is CCNC(=NCc1ccc(COCC(F)(F)F)cc1)NCCCN1CCC(O)CC1. The van der Waals surface area contributed by atoms with Gasteiger partial charge in [-0.2, -0.15) is 13.2 Å². The third-order valence-electron chi connectivity index (χ3n) is 4.82. The van der Waals surface area contributed by atoms with Crippen LogP contribution in [0.25, 0.3) is 0 Å². The number of guanidine groups is 1. The van der Waals surface area contributed by atoms with Gasteiger partial charge in [0.25, 0.3) is 0 Å². The Morgan fingerprint density at radius 1 is 1.17 bits per heavy atom. The number of aliphatic imine (C=N–C) groups is 1. The zero-order valence-corrected chi connectivity index (χ0v) is 17.5. The van der Waals surface area contributed by atoms with Crippen molar-refractivity contribution in [2.75, 3.05) is 39.3 Å². The highest BCUT2D eigenvalue weighted by Gasteiger charge is 2.27. The molecule has 9 heteroatoms. The van der Waals surface area contributed by atoms with Gasteiger partial charge in [0.2, 0.25) is 0 Å². The van der Waals surface area contributed by atoms with Gasteiger partial charge < -0.3 is 25.4 Å². The summed E-state index contributed by atoms with van der Waals surface area (Å²) in [6.45, 7) is 5.64. The van der Waals surface area contributed by atoms with Crippen LogP contribution in [-0.2, 0) is 17.9 Å². The van der Waals surface area contributed by atoms with Gasteiger partial charge in [-0.15, -0.1) is 0 Å². The van der Waals surface area contributed by atoms with E-state index < -0.39 is 12.8 Å². The second kappa shape index (κ2) is 12.8. The highest BCUT2D eigenvalue weighted by atomic mass is 19.4. The molecule has 1 saturated heterocycles. The molecule has 2 rings (SSSR count). The molecule has 0 bridgehead atoms. The normalized spacial score (nSPS) is 16.6. The average molecular weight is 431 g/mol. The summed E-state index contributed by atoms with van der Waals surface area (Å²) in [4.78, 5) is 6.94. The summed E-state index contributed by atoms with van der Waals surface area (Å²) >= 11 is 0. The molecular formula is C21H33F3N4O2. The molecule has 0 aromatic heterocycles. The molecule has 1 aromatic rings. The predicted molar refractivity (Wildman–Crippen MR) is 111 cm³/mol. The molecule has 0 unspecified atom stereocenters. The van der Waals surface area contributed by atoms with E-state index in [1.807, 2.05) is 19.1 Å². The monoisotopic (exact) mass is 430 g/mol. The minimum Gasteiger partial charge on any atom is -0.393 e. The lowest BCUT2D eigenvalue weighted by atomic mass is 10.1. The van der Waals surface area contributed by atoms with Crippen molar-refractivity contribution in [2.45, 2.75) is 51.6 Å². The van der Waals surface area contributed by atoms with Crippen LogP contribution in [0.5, 0.6) is 0 Å². The van der Waals surface area contributed by atoms with Gasteiger partial charge in [0.05, 0.1) is 19.3 Å². The molecule has 30 heavy (non-hydrogen) atoms. The van der Waals surface area contributed by atoms with Gasteiger partial charge in [-0.3, -0.25) is 0 Å². The van der Waals surface area contributed by atoms with Crippen molar-refractivity contribution in [3.8, 4) is 0 Å². The number of likely N-dealkylation sites (tertiary alicyclic amines) is 1. The number of alkyl halides is 3. The van der Waals surface area contributed by atoms with Crippen LogP contribution in [0.4, 0.5) is 13.2 Å². The van der Waals surface area contributed by atoms with Crippen LogP contribution in [0, 0.1) is 0 Å². The number of hydrogen-bond acceptors (Lipinski definition) is 4. The quantitative estimate of drug-likeness (QED) is 0.303. The lowest BCUT2D eigenvalue weighted by molar-refractivity contribution is -0.176. The second-order valence-electron chi connectivity index (χ2n) is 7.47. The van der Waals surface area contributed by atoms with Gasteiger partial charge in [0, 0.05) is 26.2 Å². The van der Waals surface area contributed by atoms with Crippen LogP contribution >= 0.6 is 0 Å². The molecule has 170 valence electrons. The van der Waals surface area contributed by atoms with E-state index >= 15 is 0 Å². The summed E-state index contributed by atoms with van der Waals surface area (Å²) < 4.78 is 41.0. The fourth-order valence-electron chi connectivity index (χ4n) is 3.19. The molecule has 0 atom stereocenters. The van der Waals surface area contributed by atoms with Gasteiger partial charge in [-0.05, 0) is 43.9 Å². The molecule has 0 amide bonds. The van der Waals surface area contributed by atoms with Gasteiger partial charge in [-0.25, -0.2) is 4.99 Å². The molecule has 3 N–H and O–H groups in total. The number of ether oxygens (including phenoxy) is 1. The first kappa shape index (κ1) is 24.4. The first-order valence-electron chi connectivity index (χ1n) is 10.5. The van der Waals surface area contributed by atoms with E-state index in [9.17, 15) is 18.3 Å². The molecule has 1 aliphatic rings. The number of piperidine rings is 1. The Morgan fingerprint density at radius 2 is 1.83 bits per heavy atom. The van der Waals surface area contributed by atoms with Crippen LogP contribution in [0.3, 0.4) is 0 Å². The highest BCUT2D eigenvalue weighted by molar-refractivity contribution is 5.79. The van der Waals surface area contributed by atoms with Crippen molar-refractivity contribution < 1.29 is 23.0 Å². The molecule has 0 saturated carbocycles.